The summed E-state index contributed by atoms with van der Waals surface area (Å²) < 4.78 is 5.00. The van der Waals surface area contributed by atoms with Crippen LogP contribution in [-0.4, -0.2) is 18.7 Å². The van der Waals surface area contributed by atoms with Gasteiger partial charge in [0.25, 0.3) is 0 Å². The quantitative estimate of drug-likeness (QED) is 0.745. The van der Waals surface area contributed by atoms with Crippen LogP contribution in [0.15, 0.2) is 18.2 Å². The zero-order valence-corrected chi connectivity index (χ0v) is 9.93. The fourth-order valence-electron chi connectivity index (χ4n) is 2.05. The number of rotatable bonds is 1. The summed E-state index contributed by atoms with van der Waals surface area (Å²) in [5.74, 6) is 0. The monoisotopic (exact) mass is 230 g/mol. The maximum atomic E-state index is 11.8. The van der Waals surface area contributed by atoms with Gasteiger partial charge in [-0.25, -0.2) is 4.79 Å². The minimum absolute atomic E-state index is 0.318. The van der Waals surface area contributed by atoms with E-state index >= 15 is 0 Å². The fourth-order valence-corrected chi connectivity index (χ4v) is 2.05. The summed E-state index contributed by atoms with van der Waals surface area (Å²) in [6.45, 7) is 4.24. The predicted molar refractivity (Wildman–Crippen MR) is 63.8 cm³/mol. The fraction of sp³-hybridized carbons (Fsp3) is 0.385. The van der Waals surface area contributed by atoms with E-state index in [2.05, 4.69) is 6.07 Å². The van der Waals surface area contributed by atoms with E-state index in [0.717, 1.165) is 16.8 Å². The molecule has 4 heteroatoms. The first-order chi connectivity index (χ1) is 8.13. The van der Waals surface area contributed by atoms with Gasteiger partial charge in [0.05, 0.1) is 18.4 Å². The molecule has 4 nitrogen and oxygen atoms in total. The molecule has 1 amide bonds. The third-order valence-electron chi connectivity index (χ3n) is 2.89. The Morgan fingerprint density at radius 2 is 2.24 bits per heavy atom. The Morgan fingerprint density at radius 3 is 2.88 bits per heavy atom. The van der Waals surface area contributed by atoms with E-state index in [1.54, 1.807) is 0 Å². The summed E-state index contributed by atoms with van der Waals surface area (Å²) in [7, 11) is 0. The highest BCUT2D eigenvalue weighted by Gasteiger charge is 2.31. The number of anilines is 1. The standard InChI is InChI=1S/C13H14N2O2/c1-9-3-4-12(10(2)7-9)15-11(8-14)5-6-17-13(15)16/h3-4,7,11H,5-6H2,1-2H3. The number of ether oxygens (including phenoxy) is 1. The molecule has 88 valence electrons. The van der Waals surface area contributed by atoms with Gasteiger partial charge in [-0.05, 0) is 25.5 Å². The van der Waals surface area contributed by atoms with Gasteiger partial charge in [0, 0.05) is 6.42 Å². The molecule has 0 spiro atoms. The average Bonchev–Trinajstić information content (AvgIpc) is 2.30. The molecule has 1 unspecified atom stereocenters. The summed E-state index contributed by atoms with van der Waals surface area (Å²) in [4.78, 5) is 13.2. The highest BCUT2D eigenvalue weighted by atomic mass is 16.6. The zero-order valence-electron chi connectivity index (χ0n) is 9.93. The minimum atomic E-state index is -0.435. The summed E-state index contributed by atoms with van der Waals surface area (Å²) in [5, 5.41) is 9.09. The third kappa shape index (κ3) is 2.09. The minimum Gasteiger partial charge on any atom is -0.449 e. The van der Waals surface area contributed by atoms with Crippen molar-refractivity contribution in [1.29, 1.82) is 5.26 Å². The second-order valence-electron chi connectivity index (χ2n) is 4.21. The Morgan fingerprint density at radius 1 is 1.47 bits per heavy atom. The van der Waals surface area contributed by atoms with Crippen molar-refractivity contribution in [3.05, 3.63) is 29.3 Å². The first-order valence-corrected chi connectivity index (χ1v) is 5.56. The predicted octanol–water partition coefficient (Wildman–Crippen LogP) is 2.54. The second-order valence-corrected chi connectivity index (χ2v) is 4.21. The van der Waals surface area contributed by atoms with Crippen molar-refractivity contribution in [2.45, 2.75) is 26.3 Å². The van der Waals surface area contributed by atoms with Gasteiger partial charge >= 0.3 is 6.09 Å². The molecule has 1 aromatic carbocycles. The van der Waals surface area contributed by atoms with Gasteiger partial charge in [-0.15, -0.1) is 0 Å². The first kappa shape index (κ1) is 11.5. The molecule has 0 aliphatic carbocycles. The number of carbonyl (C=O) groups is 1. The largest absolute Gasteiger partial charge is 0.449 e. The highest BCUT2D eigenvalue weighted by Crippen LogP contribution is 2.27. The summed E-state index contributed by atoms with van der Waals surface area (Å²) in [5.41, 5.74) is 2.86. The Labute approximate surface area is 100 Å². The van der Waals surface area contributed by atoms with Gasteiger partial charge < -0.3 is 4.74 Å². The smallest absolute Gasteiger partial charge is 0.415 e. The van der Waals surface area contributed by atoms with Crippen LogP contribution in [-0.2, 0) is 4.74 Å². The number of hydrogen-bond acceptors (Lipinski definition) is 3. The van der Waals surface area contributed by atoms with Crippen molar-refractivity contribution in [2.24, 2.45) is 0 Å². The van der Waals surface area contributed by atoms with Crippen molar-refractivity contribution < 1.29 is 9.53 Å². The summed E-state index contributed by atoms with van der Waals surface area (Å²) in [6.07, 6.45) is 0.116. The van der Waals surface area contributed by atoms with Crippen molar-refractivity contribution in [1.82, 2.24) is 0 Å². The topological polar surface area (TPSA) is 53.3 Å². The number of aryl methyl sites for hydroxylation is 2. The normalized spacial score (nSPS) is 19.7. The van der Waals surface area contributed by atoms with Gasteiger partial charge in [0.2, 0.25) is 0 Å². The Bertz CT molecular complexity index is 491. The van der Waals surface area contributed by atoms with Crippen LogP contribution in [0.5, 0.6) is 0 Å². The van der Waals surface area contributed by atoms with Crippen LogP contribution in [0.1, 0.15) is 17.5 Å². The van der Waals surface area contributed by atoms with E-state index in [1.165, 1.54) is 4.90 Å². The van der Waals surface area contributed by atoms with Crippen LogP contribution in [0.3, 0.4) is 0 Å². The Balaban J connectivity index is 2.42. The van der Waals surface area contributed by atoms with Crippen molar-refractivity contribution in [3.63, 3.8) is 0 Å². The highest BCUT2D eigenvalue weighted by molar-refractivity contribution is 5.90. The lowest BCUT2D eigenvalue weighted by Crippen LogP contribution is -2.45. The van der Waals surface area contributed by atoms with Crippen LogP contribution in [0.4, 0.5) is 10.5 Å². The van der Waals surface area contributed by atoms with Crippen molar-refractivity contribution >= 4 is 11.8 Å². The zero-order chi connectivity index (χ0) is 12.4. The maximum absolute atomic E-state index is 11.8. The van der Waals surface area contributed by atoms with Crippen LogP contribution < -0.4 is 4.90 Å². The maximum Gasteiger partial charge on any atom is 0.415 e. The van der Waals surface area contributed by atoms with E-state index in [-0.39, 0.29) is 0 Å². The number of cyclic esters (lactones) is 1. The molecule has 0 N–H and O–H groups in total. The molecule has 1 atom stereocenters. The van der Waals surface area contributed by atoms with Crippen molar-refractivity contribution in [3.8, 4) is 6.07 Å². The molecule has 0 bridgehead atoms. The van der Waals surface area contributed by atoms with Gasteiger partial charge in [-0.1, -0.05) is 17.7 Å². The molecule has 1 saturated heterocycles. The number of carbonyl (C=O) groups excluding carboxylic acids is 1. The molecular formula is C13H14N2O2. The lowest BCUT2D eigenvalue weighted by molar-refractivity contribution is 0.134. The third-order valence-corrected chi connectivity index (χ3v) is 2.89. The summed E-state index contributed by atoms with van der Waals surface area (Å²) in [6, 6.07) is 7.50. The SMILES string of the molecule is Cc1ccc(N2C(=O)OCCC2C#N)c(C)c1. The molecule has 1 aliphatic heterocycles. The lowest BCUT2D eigenvalue weighted by atomic mass is 10.1. The molecule has 0 saturated carbocycles. The number of amides is 1. The van der Waals surface area contributed by atoms with Gasteiger partial charge in [0.15, 0.2) is 0 Å². The molecular weight excluding hydrogens is 216 g/mol. The van der Waals surface area contributed by atoms with E-state index in [9.17, 15) is 4.79 Å². The van der Waals surface area contributed by atoms with Crippen LogP contribution >= 0.6 is 0 Å². The molecule has 1 aliphatic rings. The summed E-state index contributed by atoms with van der Waals surface area (Å²) >= 11 is 0. The average molecular weight is 230 g/mol. The van der Waals surface area contributed by atoms with Crippen LogP contribution in [0.2, 0.25) is 0 Å². The molecule has 1 heterocycles. The molecule has 0 radical (unpaired) electrons. The Kier molecular flexibility index (Phi) is 3.01. The molecule has 17 heavy (non-hydrogen) atoms. The molecule has 2 rings (SSSR count). The second kappa shape index (κ2) is 4.46. The number of nitriles is 1. The van der Waals surface area contributed by atoms with Gasteiger partial charge in [0.1, 0.15) is 6.04 Å². The van der Waals surface area contributed by atoms with E-state index in [4.69, 9.17) is 10.00 Å². The van der Waals surface area contributed by atoms with Gasteiger partial charge in [-0.3, -0.25) is 4.90 Å². The van der Waals surface area contributed by atoms with Crippen LogP contribution in [0.25, 0.3) is 0 Å². The Hall–Kier alpha value is -2.02. The number of hydrogen-bond donors (Lipinski definition) is 0. The number of benzene rings is 1. The van der Waals surface area contributed by atoms with E-state index < -0.39 is 12.1 Å². The molecule has 1 fully saturated rings. The van der Waals surface area contributed by atoms with Crippen LogP contribution in [0, 0.1) is 25.2 Å². The molecule has 1 aromatic rings. The molecule has 0 aromatic heterocycles. The first-order valence-electron chi connectivity index (χ1n) is 5.56. The van der Waals surface area contributed by atoms with E-state index in [1.807, 2.05) is 32.0 Å². The van der Waals surface area contributed by atoms with Gasteiger partial charge in [-0.2, -0.15) is 5.26 Å². The lowest BCUT2D eigenvalue weighted by Gasteiger charge is -2.31. The van der Waals surface area contributed by atoms with Crippen molar-refractivity contribution in [2.75, 3.05) is 11.5 Å². The van der Waals surface area contributed by atoms with E-state index in [0.29, 0.717) is 13.0 Å². The number of nitrogens with zero attached hydrogens (tertiary/aromatic N) is 2.